The molecule has 1 aliphatic rings. The highest BCUT2D eigenvalue weighted by atomic mass is 16.1. The molecule has 0 unspecified atom stereocenters. The standard InChI is InChI=1S/C20H30N4O/c1-13-18-15(17(25)8-7-11-23(5)6)12-16(14-9-10-14)21-19(18)24(22-13)20(2,3)4/h12,14H,7-11H2,1-6H3. The fraction of sp³-hybridized carbons (Fsp3) is 0.650. The van der Waals surface area contributed by atoms with Gasteiger partial charge in [0, 0.05) is 23.6 Å². The SMILES string of the molecule is Cc1nn(C(C)(C)C)c2nc(C3CC3)cc(C(=O)CCCN(C)C)c12. The fourth-order valence-electron chi connectivity index (χ4n) is 3.27. The number of fused-ring (bicyclic) bond motifs is 1. The predicted octanol–water partition coefficient (Wildman–Crippen LogP) is 3.90. The van der Waals surface area contributed by atoms with E-state index in [4.69, 9.17) is 10.1 Å². The van der Waals surface area contributed by atoms with E-state index in [2.05, 4.69) is 25.7 Å². The summed E-state index contributed by atoms with van der Waals surface area (Å²) in [7, 11) is 4.08. The van der Waals surface area contributed by atoms with Crippen molar-refractivity contribution >= 4 is 16.8 Å². The molecule has 0 spiro atoms. The Morgan fingerprint density at radius 1 is 1.32 bits per heavy atom. The van der Waals surface area contributed by atoms with E-state index in [1.165, 1.54) is 12.8 Å². The van der Waals surface area contributed by atoms with Gasteiger partial charge in [-0.3, -0.25) is 4.79 Å². The number of hydrogen-bond donors (Lipinski definition) is 0. The van der Waals surface area contributed by atoms with Crippen LogP contribution in [-0.2, 0) is 5.54 Å². The minimum Gasteiger partial charge on any atom is -0.309 e. The van der Waals surface area contributed by atoms with E-state index in [1.54, 1.807) is 0 Å². The number of nitrogens with zero attached hydrogens (tertiary/aromatic N) is 4. The number of carbonyl (C=O) groups excluding carboxylic acids is 1. The highest BCUT2D eigenvalue weighted by molar-refractivity contribution is 6.07. The van der Waals surface area contributed by atoms with E-state index in [0.29, 0.717) is 12.3 Å². The molecule has 5 nitrogen and oxygen atoms in total. The zero-order chi connectivity index (χ0) is 18.4. The molecule has 1 fully saturated rings. The van der Waals surface area contributed by atoms with Crippen molar-refractivity contribution in [3.05, 3.63) is 23.0 Å². The first-order valence-corrected chi connectivity index (χ1v) is 9.27. The van der Waals surface area contributed by atoms with Crippen LogP contribution in [0.4, 0.5) is 0 Å². The summed E-state index contributed by atoms with van der Waals surface area (Å²) in [6, 6.07) is 2.04. The zero-order valence-electron chi connectivity index (χ0n) is 16.4. The molecule has 0 radical (unpaired) electrons. The van der Waals surface area contributed by atoms with Crippen LogP contribution in [0.15, 0.2) is 6.07 Å². The second kappa shape index (κ2) is 6.52. The van der Waals surface area contributed by atoms with Gasteiger partial charge in [0.2, 0.25) is 0 Å². The minimum absolute atomic E-state index is 0.160. The molecule has 3 rings (SSSR count). The van der Waals surface area contributed by atoms with E-state index in [0.717, 1.165) is 41.0 Å². The number of aryl methyl sites for hydroxylation is 1. The van der Waals surface area contributed by atoms with Crippen molar-refractivity contribution in [2.75, 3.05) is 20.6 Å². The maximum atomic E-state index is 13.0. The zero-order valence-corrected chi connectivity index (χ0v) is 16.4. The summed E-state index contributed by atoms with van der Waals surface area (Å²) < 4.78 is 1.99. The summed E-state index contributed by atoms with van der Waals surface area (Å²) in [6.45, 7) is 9.30. The third-order valence-corrected chi connectivity index (χ3v) is 4.77. The number of hydrogen-bond acceptors (Lipinski definition) is 4. The van der Waals surface area contributed by atoms with Crippen molar-refractivity contribution < 1.29 is 4.79 Å². The number of aromatic nitrogens is 3. The fourth-order valence-corrected chi connectivity index (χ4v) is 3.27. The Balaban J connectivity index is 2.07. The third-order valence-electron chi connectivity index (χ3n) is 4.77. The van der Waals surface area contributed by atoms with Gasteiger partial charge in [0.15, 0.2) is 11.4 Å². The second-order valence-corrected chi connectivity index (χ2v) is 8.57. The van der Waals surface area contributed by atoms with E-state index < -0.39 is 0 Å². The monoisotopic (exact) mass is 342 g/mol. The van der Waals surface area contributed by atoms with E-state index in [-0.39, 0.29) is 11.3 Å². The summed E-state index contributed by atoms with van der Waals surface area (Å²) in [4.78, 5) is 20.0. The van der Waals surface area contributed by atoms with Crippen molar-refractivity contribution in [3.63, 3.8) is 0 Å². The van der Waals surface area contributed by atoms with Gasteiger partial charge in [-0.05, 0) is 73.7 Å². The van der Waals surface area contributed by atoms with Crippen LogP contribution in [0.25, 0.3) is 11.0 Å². The predicted molar refractivity (Wildman–Crippen MR) is 101 cm³/mol. The average Bonchev–Trinajstić information content (AvgIpc) is 3.29. The summed E-state index contributed by atoms with van der Waals surface area (Å²) in [5.41, 5.74) is 3.49. The molecular formula is C20H30N4O. The smallest absolute Gasteiger partial charge is 0.163 e. The van der Waals surface area contributed by atoms with Gasteiger partial charge in [-0.1, -0.05) is 0 Å². The van der Waals surface area contributed by atoms with Crippen molar-refractivity contribution in [1.82, 2.24) is 19.7 Å². The number of pyridine rings is 1. The molecule has 0 N–H and O–H groups in total. The van der Waals surface area contributed by atoms with Gasteiger partial charge < -0.3 is 4.90 Å². The Morgan fingerprint density at radius 3 is 2.56 bits per heavy atom. The summed E-state index contributed by atoms with van der Waals surface area (Å²) >= 11 is 0. The topological polar surface area (TPSA) is 51.0 Å². The second-order valence-electron chi connectivity index (χ2n) is 8.57. The van der Waals surface area contributed by atoms with Crippen LogP contribution in [0.1, 0.15) is 74.1 Å². The quantitative estimate of drug-likeness (QED) is 0.747. The lowest BCUT2D eigenvalue weighted by atomic mass is 10.0. The molecular weight excluding hydrogens is 312 g/mol. The largest absolute Gasteiger partial charge is 0.309 e. The van der Waals surface area contributed by atoms with E-state index in [1.807, 2.05) is 31.8 Å². The Hall–Kier alpha value is -1.75. The molecule has 0 saturated heterocycles. The Bertz CT molecular complexity index is 794. The molecule has 25 heavy (non-hydrogen) atoms. The van der Waals surface area contributed by atoms with Gasteiger partial charge >= 0.3 is 0 Å². The lowest BCUT2D eigenvalue weighted by Gasteiger charge is -2.20. The van der Waals surface area contributed by atoms with Gasteiger partial charge in [-0.25, -0.2) is 9.67 Å². The van der Waals surface area contributed by atoms with E-state index in [9.17, 15) is 4.79 Å². The molecule has 0 amide bonds. The van der Waals surface area contributed by atoms with Crippen LogP contribution in [0, 0.1) is 6.92 Å². The van der Waals surface area contributed by atoms with Crippen LogP contribution in [0.3, 0.4) is 0 Å². The Morgan fingerprint density at radius 2 is 2.00 bits per heavy atom. The molecule has 2 aromatic heterocycles. The summed E-state index contributed by atoms with van der Waals surface area (Å²) in [5, 5.41) is 5.67. The first-order chi connectivity index (χ1) is 11.7. The first kappa shape index (κ1) is 18.1. The molecule has 5 heteroatoms. The molecule has 2 aromatic rings. The van der Waals surface area contributed by atoms with Crippen molar-refractivity contribution in [3.8, 4) is 0 Å². The van der Waals surface area contributed by atoms with Gasteiger partial charge in [0.1, 0.15) is 0 Å². The van der Waals surface area contributed by atoms with Crippen molar-refractivity contribution in [2.45, 2.75) is 64.8 Å². The number of Topliss-reactive ketones (excluding diaryl/α,β-unsaturated/α-hetero) is 1. The van der Waals surface area contributed by atoms with Crippen LogP contribution in [0.2, 0.25) is 0 Å². The lowest BCUT2D eigenvalue weighted by molar-refractivity contribution is 0.0978. The molecule has 0 aliphatic heterocycles. The molecule has 0 aromatic carbocycles. The molecule has 1 aliphatic carbocycles. The maximum Gasteiger partial charge on any atom is 0.163 e. The van der Waals surface area contributed by atoms with Crippen LogP contribution in [0.5, 0.6) is 0 Å². The van der Waals surface area contributed by atoms with Gasteiger partial charge in [0.05, 0.1) is 16.6 Å². The van der Waals surface area contributed by atoms with Gasteiger partial charge in [-0.2, -0.15) is 5.10 Å². The van der Waals surface area contributed by atoms with Crippen molar-refractivity contribution in [1.29, 1.82) is 0 Å². The molecule has 0 atom stereocenters. The van der Waals surface area contributed by atoms with Crippen LogP contribution < -0.4 is 0 Å². The summed E-state index contributed by atoms with van der Waals surface area (Å²) in [5.74, 6) is 0.731. The number of carbonyl (C=O) groups is 1. The van der Waals surface area contributed by atoms with Crippen molar-refractivity contribution in [2.24, 2.45) is 0 Å². The molecule has 2 heterocycles. The Kier molecular flexibility index (Phi) is 4.71. The number of ketones is 1. The van der Waals surface area contributed by atoms with Crippen LogP contribution >= 0.6 is 0 Å². The summed E-state index contributed by atoms with van der Waals surface area (Å²) in [6.07, 6.45) is 3.80. The van der Waals surface area contributed by atoms with Gasteiger partial charge in [0.25, 0.3) is 0 Å². The normalized spacial score (nSPS) is 15.3. The highest BCUT2D eigenvalue weighted by Gasteiger charge is 2.30. The van der Waals surface area contributed by atoms with E-state index >= 15 is 0 Å². The maximum absolute atomic E-state index is 13.0. The molecule has 1 saturated carbocycles. The first-order valence-electron chi connectivity index (χ1n) is 9.27. The highest BCUT2D eigenvalue weighted by Crippen LogP contribution is 2.41. The van der Waals surface area contributed by atoms with Gasteiger partial charge in [-0.15, -0.1) is 0 Å². The Labute approximate surface area is 150 Å². The number of rotatable bonds is 6. The van der Waals surface area contributed by atoms with Crippen LogP contribution in [-0.4, -0.2) is 46.1 Å². The molecule has 136 valence electrons. The third kappa shape index (κ3) is 3.76. The lowest BCUT2D eigenvalue weighted by Crippen LogP contribution is -2.23. The molecule has 0 bridgehead atoms. The average molecular weight is 342 g/mol. The minimum atomic E-state index is -0.160.